The normalized spacial score (nSPS) is 19.3. The van der Waals surface area contributed by atoms with Gasteiger partial charge in [-0.2, -0.15) is 0 Å². The zero-order valence-electron chi connectivity index (χ0n) is 11.2. The van der Waals surface area contributed by atoms with Gasteiger partial charge in [0.1, 0.15) is 0 Å². The molecule has 0 radical (unpaired) electrons. The Labute approximate surface area is 111 Å². The van der Waals surface area contributed by atoms with Crippen molar-refractivity contribution in [2.75, 3.05) is 0 Å². The smallest absolute Gasteiger partial charge is 0.0199 e. The fraction of sp³-hybridized carbons (Fsp3) is 0.333. The first-order chi connectivity index (χ1) is 8.83. The molecule has 0 unspecified atom stereocenters. The first-order valence-electron chi connectivity index (χ1n) is 6.85. The van der Waals surface area contributed by atoms with Crippen molar-refractivity contribution in [1.29, 1.82) is 0 Å². The summed E-state index contributed by atoms with van der Waals surface area (Å²) in [5.74, 6) is 0. The molecule has 0 atom stereocenters. The van der Waals surface area contributed by atoms with Gasteiger partial charge in [-0.15, -0.1) is 0 Å². The predicted molar refractivity (Wildman–Crippen MR) is 79.7 cm³/mol. The molecule has 0 N–H and O–H groups in total. The van der Waals surface area contributed by atoms with E-state index in [1.807, 2.05) is 6.08 Å². The number of rotatable bonds is 4. The first-order valence-corrected chi connectivity index (χ1v) is 6.85. The SMILES string of the molecule is C=C/C=C\C(=C/C)C1(c2ccccc2)CCCC1. The van der Waals surface area contributed by atoms with Crippen LogP contribution in [-0.4, -0.2) is 0 Å². The lowest BCUT2D eigenvalue weighted by molar-refractivity contribution is 0.533. The lowest BCUT2D eigenvalue weighted by atomic mass is 9.72. The second-order valence-electron chi connectivity index (χ2n) is 4.99. The third-order valence-corrected chi connectivity index (χ3v) is 4.06. The Morgan fingerprint density at radius 2 is 1.83 bits per heavy atom. The molecule has 0 amide bonds. The van der Waals surface area contributed by atoms with Crippen molar-refractivity contribution in [1.82, 2.24) is 0 Å². The van der Waals surface area contributed by atoms with E-state index < -0.39 is 0 Å². The molecule has 1 saturated carbocycles. The summed E-state index contributed by atoms with van der Waals surface area (Å²) in [6.07, 6.45) is 13.6. The molecule has 18 heavy (non-hydrogen) atoms. The number of benzene rings is 1. The van der Waals surface area contributed by atoms with Crippen molar-refractivity contribution in [2.45, 2.75) is 38.0 Å². The predicted octanol–water partition coefficient (Wildman–Crippen LogP) is 5.19. The van der Waals surface area contributed by atoms with E-state index in [4.69, 9.17) is 0 Å². The van der Waals surface area contributed by atoms with E-state index in [1.165, 1.54) is 36.8 Å². The average molecular weight is 238 g/mol. The highest BCUT2D eigenvalue weighted by atomic mass is 14.4. The Bertz CT molecular complexity index is 442. The Balaban J connectivity index is 2.44. The van der Waals surface area contributed by atoms with Crippen LogP contribution in [0.4, 0.5) is 0 Å². The van der Waals surface area contributed by atoms with E-state index >= 15 is 0 Å². The van der Waals surface area contributed by atoms with Gasteiger partial charge in [0, 0.05) is 5.41 Å². The lowest BCUT2D eigenvalue weighted by Gasteiger charge is -2.31. The van der Waals surface area contributed by atoms with Gasteiger partial charge in [0.2, 0.25) is 0 Å². The van der Waals surface area contributed by atoms with Crippen LogP contribution in [0.3, 0.4) is 0 Å². The van der Waals surface area contributed by atoms with Gasteiger partial charge in [-0.3, -0.25) is 0 Å². The molecule has 1 fully saturated rings. The van der Waals surface area contributed by atoms with Gasteiger partial charge in [-0.1, -0.05) is 74.1 Å². The fourth-order valence-electron chi connectivity index (χ4n) is 3.18. The molecular weight excluding hydrogens is 216 g/mol. The minimum absolute atomic E-state index is 0.232. The minimum atomic E-state index is 0.232. The zero-order valence-corrected chi connectivity index (χ0v) is 11.2. The molecule has 1 aromatic carbocycles. The van der Waals surface area contributed by atoms with Crippen molar-refractivity contribution >= 4 is 0 Å². The van der Waals surface area contributed by atoms with Crippen molar-refractivity contribution in [3.8, 4) is 0 Å². The zero-order chi connectivity index (χ0) is 12.8. The second kappa shape index (κ2) is 5.86. The first kappa shape index (κ1) is 12.9. The molecule has 0 spiro atoms. The molecule has 2 rings (SSSR count). The largest absolute Gasteiger partial charge is 0.0991 e. The molecule has 0 heterocycles. The fourth-order valence-corrected chi connectivity index (χ4v) is 3.18. The van der Waals surface area contributed by atoms with Crippen LogP contribution < -0.4 is 0 Å². The van der Waals surface area contributed by atoms with Gasteiger partial charge in [-0.05, 0) is 30.9 Å². The maximum absolute atomic E-state index is 3.77. The molecule has 1 aliphatic rings. The topological polar surface area (TPSA) is 0 Å². The van der Waals surface area contributed by atoms with E-state index in [-0.39, 0.29) is 5.41 Å². The highest BCUT2D eigenvalue weighted by Gasteiger charge is 2.37. The third kappa shape index (κ3) is 2.33. The van der Waals surface area contributed by atoms with Gasteiger partial charge in [0.05, 0.1) is 0 Å². The standard InChI is InChI=1S/C18H22/c1-3-5-11-16(4-2)18(14-9-10-15-18)17-12-7-6-8-13-17/h3-8,11-13H,1,9-10,14-15H2,2H3/b11-5-,16-4+. The Morgan fingerprint density at radius 1 is 1.17 bits per heavy atom. The molecule has 0 aromatic heterocycles. The van der Waals surface area contributed by atoms with Crippen LogP contribution in [0, 0.1) is 0 Å². The van der Waals surface area contributed by atoms with Gasteiger partial charge in [-0.25, -0.2) is 0 Å². The molecule has 0 nitrogen and oxygen atoms in total. The average Bonchev–Trinajstić information content (AvgIpc) is 2.91. The van der Waals surface area contributed by atoms with Crippen LogP contribution in [0.25, 0.3) is 0 Å². The van der Waals surface area contributed by atoms with Crippen LogP contribution >= 0.6 is 0 Å². The molecule has 94 valence electrons. The summed E-state index contributed by atoms with van der Waals surface area (Å²) in [5, 5.41) is 0. The van der Waals surface area contributed by atoms with E-state index in [2.05, 4.69) is 62.1 Å². The summed E-state index contributed by atoms with van der Waals surface area (Å²) < 4.78 is 0. The van der Waals surface area contributed by atoms with Crippen LogP contribution in [0.5, 0.6) is 0 Å². The monoisotopic (exact) mass is 238 g/mol. The van der Waals surface area contributed by atoms with E-state index in [0.29, 0.717) is 0 Å². The van der Waals surface area contributed by atoms with Crippen molar-refractivity contribution < 1.29 is 0 Å². The molecule has 0 heteroatoms. The Morgan fingerprint density at radius 3 is 2.39 bits per heavy atom. The summed E-state index contributed by atoms with van der Waals surface area (Å²) in [6.45, 7) is 5.92. The summed E-state index contributed by atoms with van der Waals surface area (Å²) in [4.78, 5) is 0. The van der Waals surface area contributed by atoms with Crippen LogP contribution in [0.15, 0.2) is 66.8 Å². The van der Waals surface area contributed by atoms with Crippen LogP contribution in [0.1, 0.15) is 38.2 Å². The van der Waals surface area contributed by atoms with Crippen molar-refractivity contribution in [3.05, 3.63) is 72.4 Å². The molecular formula is C18H22. The maximum Gasteiger partial charge on any atom is 0.0199 e. The molecule has 1 aromatic rings. The van der Waals surface area contributed by atoms with Gasteiger partial charge in [0.15, 0.2) is 0 Å². The maximum atomic E-state index is 3.77. The molecule has 0 saturated heterocycles. The highest BCUT2D eigenvalue weighted by Crippen LogP contribution is 2.47. The van der Waals surface area contributed by atoms with Gasteiger partial charge < -0.3 is 0 Å². The van der Waals surface area contributed by atoms with E-state index in [9.17, 15) is 0 Å². The minimum Gasteiger partial charge on any atom is -0.0991 e. The summed E-state index contributed by atoms with van der Waals surface area (Å²) in [5.41, 5.74) is 3.13. The summed E-state index contributed by atoms with van der Waals surface area (Å²) in [6, 6.07) is 11.0. The summed E-state index contributed by atoms with van der Waals surface area (Å²) in [7, 11) is 0. The molecule has 1 aliphatic carbocycles. The van der Waals surface area contributed by atoms with Gasteiger partial charge in [0.25, 0.3) is 0 Å². The molecule has 0 aliphatic heterocycles. The highest BCUT2D eigenvalue weighted by molar-refractivity contribution is 5.43. The van der Waals surface area contributed by atoms with E-state index in [0.717, 1.165) is 0 Å². The number of allylic oxidation sites excluding steroid dienone is 5. The Hall–Kier alpha value is -1.56. The lowest BCUT2D eigenvalue weighted by Crippen LogP contribution is -2.24. The quantitative estimate of drug-likeness (QED) is 0.633. The molecule has 0 bridgehead atoms. The number of hydrogen-bond acceptors (Lipinski definition) is 0. The number of hydrogen-bond donors (Lipinski definition) is 0. The van der Waals surface area contributed by atoms with Gasteiger partial charge >= 0.3 is 0 Å². The second-order valence-corrected chi connectivity index (χ2v) is 4.99. The van der Waals surface area contributed by atoms with Crippen molar-refractivity contribution in [2.24, 2.45) is 0 Å². The summed E-state index contributed by atoms with van der Waals surface area (Å²) >= 11 is 0. The van der Waals surface area contributed by atoms with Crippen molar-refractivity contribution in [3.63, 3.8) is 0 Å². The van der Waals surface area contributed by atoms with Crippen LogP contribution in [0.2, 0.25) is 0 Å². The Kier molecular flexibility index (Phi) is 4.19. The van der Waals surface area contributed by atoms with E-state index in [1.54, 1.807) is 0 Å². The van der Waals surface area contributed by atoms with Crippen LogP contribution in [-0.2, 0) is 5.41 Å². The third-order valence-electron chi connectivity index (χ3n) is 4.06.